The minimum Gasteiger partial charge on any atom is -0.373 e. The molecule has 0 bridgehead atoms. The zero-order chi connectivity index (χ0) is 11.3. The second-order valence-electron chi connectivity index (χ2n) is 3.16. The molecular formula is C11H13FN2S. The fourth-order valence-corrected chi connectivity index (χ4v) is 1.75. The molecule has 1 aromatic carbocycles. The molecule has 0 amide bonds. The molecule has 0 aliphatic rings. The predicted octanol–water partition coefficient (Wildman–Crippen LogP) is 2.50. The van der Waals surface area contributed by atoms with Crippen LogP contribution in [0, 0.1) is 17.1 Å². The average Bonchev–Trinajstić information content (AvgIpc) is 2.25. The molecule has 80 valence electrons. The van der Waals surface area contributed by atoms with E-state index in [-0.39, 0.29) is 5.56 Å². The summed E-state index contributed by atoms with van der Waals surface area (Å²) in [6.45, 7) is 0.805. The Kier molecular flexibility index (Phi) is 4.44. The van der Waals surface area contributed by atoms with E-state index >= 15 is 0 Å². The Balaban J connectivity index is 2.93. The van der Waals surface area contributed by atoms with Crippen molar-refractivity contribution in [2.24, 2.45) is 0 Å². The van der Waals surface area contributed by atoms with Crippen LogP contribution in [0.15, 0.2) is 18.2 Å². The summed E-state index contributed by atoms with van der Waals surface area (Å²) in [5.74, 6) is 0.503. The maximum atomic E-state index is 13.3. The smallest absolute Gasteiger partial charge is 0.143 e. The highest BCUT2D eigenvalue weighted by atomic mass is 32.2. The molecule has 0 unspecified atom stereocenters. The topological polar surface area (TPSA) is 27.0 Å². The average molecular weight is 224 g/mol. The van der Waals surface area contributed by atoms with Gasteiger partial charge in [-0.1, -0.05) is 6.07 Å². The molecule has 0 aromatic heterocycles. The van der Waals surface area contributed by atoms with Gasteiger partial charge in [0.15, 0.2) is 0 Å². The number of hydrogen-bond acceptors (Lipinski definition) is 3. The van der Waals surface area contributed by atoms with Crippen molar-refractivity contribution in [3.05, 3.63) is 29.6 Å². The number of anilines is 1. The summed E-state index contributed by atoms with van der Waals surface area (Å²) in [5, 5.41) is 8.85. The number of rotatable bonds is 4. The quantitative estimate of drug-likeness (QED) is 0.786. The van der Waals surface area contributed by atoms with Gasteiger partial charge >= 0.3 is 0 Å². The fourth-order valence-electron chi connectivity index (χ4n) is 1.29. The molecule has 0 heterocycles. The molecule has 2 nitrogen and oxygen atoms in total. The van der Waals surface area contributed by atoms with Crippen LogP contribution in [0.2, 0.25) is 0 Å². The van der Waals surface area contributed by atoms with Crippen LogP contribution in [0.25, 0.3) is 0 Å². The summed E-state index contributed by atoms with van der Waals surface area (Å²) in [6, 6.07) is 6.60. The minimum atomic E-state index is -0.453. The Morgan fingerprint density at radius 2 is 2.27 bits per heavy atom. The summed E-state index contributed by atoms with van der Waals surface area (Å²) in [6.07, 6.45) is 2.02. The molecule has 0 aliphatic heterocycles. The number of nitrogens with zero attached hydrogens (tertiary/aromatic N) is 2. The van der Waals surface area contributed by atoms with Crippen LogP contribution in [-0.4, -0.2) is 25.6 Å². The van der Waals surface area contributed by atoms with Gasteiger partial charge in [-0.05, 0) is 18.4 Å². The van der Waals surface area contributed by atoms with E-state index in [4.69, 9.17) is 5.26 Å². The van der Waals surface area contributed by atoms with Crippen LogP contribution in [0.1, 0.15) is 5.56 Å². The monoisotopic (exact) mass is 224 g/mol. The molecule has 0 N–H and O–H groups in total. The van der Waals surface area contributed by atoms with Gasteiger partial charge in [0.2, 0.25) is 0 Å². The van der Waals surface area contributed by atoms with Gasteiger partial charge < -0.3 is 4.90 Å². The standard InChI is InChI=1S/C11H13FN2S/c1-14(6-7-15-2)11-5-3-4-10(12)9(11)8-13/h3-5H,6-7H2,1-2H3. The van der Waals surface area contributed by atoms with Crippen molar-refractivity contribution in [3.63, 3.8) is 0 Å². The second-order valence-corrected chi connectivity index (χ2v) is 4.15. The number of halogens is 1. The van der Waals surface area contributed by atoms with E-state index in [9.17, 15) is 4.39 Å². The first-order chi connectivity index (χ1) is 7.20. The lowest BCUT2D eigenvalue weighted by molar-refractivity contribution is 0.623. The lowest BCUT2D eigenvalue weighted by atomic mass is 10.1. The summed E-state index contributed by atoms with van der Waals surface area (Å²) in [7, 11) is 1.87. The normalized spacial score (nSPS) is 9.73. The zero-order valence-electron chi connectivity index (χ0n) is 8.83. The fraction of sp³-hybridized carbons (Fsp3) is 0.364. The molecule has 0 atom stereocenters. The molecule has 15 heavy (non-hydrogen) atoms. The predicted molar refractivity (Wildman–Crippen MR) is 62.8 cm³/mol. The Morgan fingerprint density at radius 1 is 1.53 bits per heavy atom. The van der Waals surface area contributed by atoms with E-state index in [1.54, 1.807) is 23.9 Å². The molecule has 0 saturated heterocycles. The first kappa shape index (κ1) is 11.9. The van der Waals surface area contributed by atoms with Gasteiger partial charge in [0.05, 0.1) is 5.69 Å². The van der Waals surface area contributed by atoms with Gasteiger partial charge in [0, 0.05) is 19.3 Å². The van der Waals surface area contributed by atoms with Crippen molar-refractivity contribution in [2.75, 3.05) is 30.5 Å². The van der Waals surface area contributed by atoms with E-state index in [0.717, 1.165) is 12.3 Å². The molecule has 0 saturated carbocycles. The Bertz CT molecular complexity index is 373. The summed E-state index contributed by atoms with van der Waals surface area (Å²) in [5.41, 5.74) is 0.785. The molecule has 0 fully saturated rings. The van der Waals surface area contributed by atoms with Gasteiger partial charge in [-0.15, -0.1) is 0 Å². The maximum Gasteiger partial charge on any atom is 0.143 e. The highest BCUT2D eigenvalue weighted by molar-refractivity contribution is 7.98. The number of hydrogen-bond donors (Lipinski definition) is 0. The largest absolute Gasteiger partial charge is 0.373 e. The van der Waals surface area contributed by atoms with Crippen molar-refractivity contribution in [3.8, 4) is 6.07 Å². The first-order valence-electron chi connectivity index (χ1n) is 4.59. The first-order valence-corrected chi connectivity index (χ1v) is 5.98. The molecule has 1 aromatic rings. The Morgan fingerprint density at radius 3 is 2.87 bits per heavy atom. The molecule has 1 rings (SSSR count). The van der Waals surface area contributed by atoms with E-state index in [0.29, 0.717) is 5.69 Å². The van der Waals surface area contributed by atoms with Gasteiger partial charge in [-0.2, -0.15) is 17.0 Å². The third kappa shape index (κ3) is 2.87. The molecular weight excluding hydrogens is 211 g/mol. The molecule has 0 radical (unpaired) electrons. The van der Waals surface area contributed by atoms with E-state index in [1.165, 1.54) is 6.07 Å². The highest BCUT2D eigenvalue weighted by Crippen LogP contribution is 2.21. The number of thioether (sulfide) groups is 1. The molecule has 0 aliphatic carbocycles. The highest BCUT2D eigenvalue weighted by Gasteiger charge is 2.10. The third-order valence-electron chi connectivity index (χ3n) is 2.15. The van der Waals surface area contributed by atoms with Crippen LogP contribution in [0.3, 0.4) is 0 Å². The lowest BCUT2D eigenvalue weighted by Crippen LogP contribution is -2.21. The Hall–Kier alpha value is -1.21. The van der Waals surface area contributed by atoms with Gasteiger partial charge in [0.25, 0.3) is 0 Å². The minimum absolute atomic E-state index is 0.126. The molecule has 4 heteroatoms. The summed E-state index contributed by atoms with van der Waals surface area (Å²) < 4.78 is 13.3. The number of nitriles is 1. The van der Waals surface area contributed by atoms with Crippen LogP contribution in [0.4, 0.5) is 10.1 Å². The van der Waals surface area contributed by atoms with Gasteiger partial charge in [-0.25, -0.2) is 4.39 Å². The Labute approximate surface area is 93.7 Å². The van der Waals surface area contributed by atoms with Crippen molar-refractivity contribution >= 4 is 17.4 Å². The van der Waals surface area contributed by atoms with Crippen LogP contribution in [0.5, 0.6) is 0 Å². The number of benzene rings is 1. The van der Waals surface area contributed by atoms with Crippen molar-refractivity contribution < 1.29 is 4.39 Å². The third-order valence-corrected chi connectivity index (χ3v) is 2.74. The zero-order valence-corrected chi connectivity index (χ0v) is 9.64. The van der Waals surface area contributed by atoms with Crippen LogP contribution in [-0.2, 0) is 0 Å². The van der Waals surface area contributed by atoms with Crippen LogP contribution >= 0.6 is 11.8 Å². The van der Waals surface area contributed by atoms with Crippen molar-refractivity contribution in [1.29, 1.82) is 5.26 Å². The van der Waals surface area contributed by atoms with Crippen molar-refractivity contribution in [2.45, 2.75) is 0 Å². The van der Waals surface area contributed by atoms with E-state index < -0.39 is 5.82 Å². The molecule has 0 spiro atoms. The van der Waals surface area contributed by atoms with Crippen molar-refractivity contribution in [1.82, 2.24) is 0 Å². The van der Waals surface area contributed by atoms with Gasteiger partial charge in [0.1, 0.15) is 17.4 Å². The van der Waals surface area contributed by atoms with E-state index in [2.05, 4.69) is 0 Å². The summed E-state index contributed by atoms with van der Waals surface area (Å²) >= 11 is 1.72. The second kappa shape index (κ2) is 5.62. The van der Waals surface area contributed by atoms with Crippen LogP contribution < -0.4 is 4.90 Å². The van der Waals surface area contributed by atoms with Gasteiger partial charge in [-0.3, -0.25) is 0 Å². The SMILES string of the molecule is CSCCN(C)c1cccc(F)c1C#N. The van der Waals surface area contributed by atoms with E-state index in [1.807, 2.05) is 24.3 Å². The lowest BCUT2D eigenvalue weighted by Gasteiger charge is -2.19. The summed E-state index contributed by atoms with van der Waals surface area (Å²) in [4.78, 5) is 1.90. The maximum absolute atomic E-state index is 13.3.